The molecule has 18 heavy (non-hydrogen) atoms. The number of carbonyl (C=O) groups is 1. The minimum Gasteiger partial charge on any atom is -0.298 e. The third-order valence-corrected chi connectivity index (χ3v) is 4.25. The fourth-order valence-corrected chi connectivity index (χ4v) is 3.17. The van der Waals surface area contributed by atoms with E-state index < -0.39 is 0 Å². The molecule has 2 aromatic heterocycles. The van der Waals surface area contributed by atoms with Gasteiger partial charge in [-0.2, -0.15) is 5.10 Å². The summed E-state index contributed by atoms with van der Waals surface area (Å²) in [6.07, 6.45) is 10.7. The van der Waals surface area contributed by atoms with Crippen molar-refractivity contribution in [2.75, 3.05) is 0 Å². The topological polar surface area (TPSA) is 47.8 Å². The fourth-order valence-electron chi connectivity index (χ4n) is 2.53. The first-order valence-electron chi connectivity index (χ1n) is 6.32. The Bertz CT molecular complexity index is 526. The first-order valence-corrected chi connectivity index (χ1v) is 7.20. The number of aldehydes is 1. The number of nitrogens with zero attached hydrogens (tertiary/aromatic N) is 3. The van der Waals surface area contributed by atoms with Crippen LogP contribution in [-0.2, 0) is 0 Å². The summed E-state index contributed by atoms with van der Waals surface area (Å²) in [5.41, 5.74) is 1.38. The molecule has 0 bridgehead atoms. The molecule has 94 valence electrons. The van der Waals surface area contributed by atoms with Crippen LogP contribution in [0.2, 0.25) is 0 Å². The average molecular weight is 261 g/mol. The van der Waals surface area contributed by atoms with Gasteiger partial charge in [0.25, 0.3) is 0 Å². The quantitative estimate of drug-likeness (QED) is 0.796. The maximum Gasteiger partial charge on any atom is 0.153 e. The standard InChI is InChI=1S/C13H15N3OS/c17-9-10-8-16(11-4-2-1-3-5-11)15-12(10)13-14-6-7-18-13/h6-9,11H,1-5H2. The monoisotopic (exact) mass is 261 g/mol. The molecule has 0 unspecified atom stereocenters. The number of rotatable bonds is 3. The Labute approximate surface area is 110 Å². The molecule has 1 fully saturated rings. The molecule has 0 N–H and O–H groups in total. The van der Waals surface area contributed by atoms with Crippen LogP contribution in [0.5, 0.6) is 0 Å². The van der Waals surface area contributed by atoms with E-state index in [4.69, 9.17) is 0 Å². The normalized spacial score (nSPS) is 16.9. The molecule has 5 heteroatoms. The zero-order valence-corrected chi connectivity index (χ0v) is 10.9. The molecule has 0 aliphatic heterocycles. The van der Waals surface area contributed by atoms with Gasteiger partial charge >= 0.3 is 0 Å². The number of aromatic nitrogens is 3. The van der Waals surface area contributed by atoms with Crippen LogP contribution < -0.4 is 0 Å². The van der Waals surface area contributed by atoms with Gasteiger partial charge in [0, 0.05) is 17.8 Å². The van der Waals surface area contributed by atoms with E-state index in [0.717, 1.165) is 29.8 Å². The summed E-state index contributed by atoms with van der Waals surface area (Å²) in [6, 6.07) is 0.450. The van der Waals surface area contributed by atoms with Crippen molar-refractivity contribution in [1.29, 1.82) is 0 Å². The lowest BCUT2D eigenvalue weighted by Gasteiger charge is -2.21. The molecule has 0 radical (unpaired) electrons. The van der Waals surface area contributed by atoms with Crippen molar-refractivity contribution in [1.82, 2.24) is 14.8 Å². The summed E-state index contributed by atoms with van der Waals surface area (Å²) < 4.78 is 1.97. The van der Waals surface area contributed by atoms with Gasteiger partial charge < -0.3 is 0 Å². The second-order valence-electron chi connectivity index (χ2n) is 4.66. The summed E-state index contributed by atoms with van der Waals surface area (Å²) >= 11 is 1.52. The fraction of sp³-hybridized carbons (Fsp3) is 0.462. The molecule has 3 rings (SSSR count). The second kappa shape index (κ2) is 5.02. The van der Waals surface area contributed by atoms with E-state index >= 15 is 0 Å². The molecule has 1 aliphatic carbocycles. The molecule has 1 aliphatic rings. The van der Waals surface area contributed by atoms with Crippen LogP contribution in [0.25, 0.3) is 10.7 Å². The lowest BCUT2D eigenvalue weighted by molar-refractivity contribution is 0.112. The third-order valence-electron chi connectivity index (χ3n) is 3.47. The molecule has 0 spiro atoms. The van der Waals surface area contributed by atoms with E-state index in [0.29, 0.717) is 11.6 Å². The van der Waals surface area contributed by atoms with Gasteiger partial charge in [-0.3, -0.25) is 9.48 Å². The van der Waals surface area contributed by atoms with E-state index in [1.807, 2.05) is 16.3 Å². The summed E-state index contributed by atoms with van der Waals surface area (Å²) in [4.78, 5) is 15.4. The van der Waals surface area contributed by atoms with Crippen LogP contribution in [-0.4, -0.2) is 21.1 Å². The molecule has 0 aromatic carbocycles. The molecule has 0 amide bonds. The van der Waals surface area contributed by atoms with Gasteiger partial charge in [-0.25, -0.2) is 4.98 Å². The lowest BCUT2D eigenvalue weighted by atomic mass is 9.96. The van der Waals surface area contributed by atoms with E-state index in [9.17, 15) is 4.79 Å². The van der Waals surface area contributed by atoms with Crippen LogP contribution in [0.4, 0.5) is 0 Å². The highest BCUT2D eigenvalue weighted by Gasteiger charge is 2.19. The van der Waals surface area contributed by atoms with Crippen LogP contribution >= 0.6 is 11.3 Å². The van der Waals surface area contributed by atoms with Crippen LogP contribution in [0, 0.1) is 0 Å². The Hall–Kier alpha value is -1.49. The smallest absolute Gasteiger partial charge is 0.153 e. The molecule has 0 atom stereocenters. The highest BCUT2D eigenvalue weighted by atomic mass is 32.1. The summed E-state index contributed by atoms with van der Waals surface area (Å²) in [5, 5.41) is 7.31. The molecule has 1 saturated carbocycles. The van der Waals surface area contributed by atoms with Gasteiger partial charge in [-0.15, -0.1) is 11.3 Å². The van der Waals surface area contributed by atoms with Crippen molar-refractivity contribution < 1.29 is 4.79 Å². The second-order valence-corrected chi connectivity index (χ2v) is 5.55. The minimum atomic E-state index is 0.450. The Morgan fingerprint density at radius 3 is 2.83 bits per heavy atom. The number of thiazole rings is 1. The maximum absolute atomic E-state index is 11.1. The highest BCUT2D eigenvalue weighted by Crippen LogP contribution is 2.30. The number of hydrogen-bond donors (Lipinski definition) is 0. The number of hydrogen-bond acceptors (Lipinski definition) is 4. The van der Waals surface area contributed by atoms with Crippen LogP contribution in [0.1, 0.15) is 48.5 Å². The van der Waals surface area contributed by atoms with Gasteiger partial charge in [0.15, 0.2) is 6.29 Å². The van der Waals surface area contributed by atoms with Gasteiger partial charge in [0.05, 0.1) is 11.6 Å². The largest absolute Gasteiger partial charge is 0.298 e. The molecule has 4 nitrogen and oxygen atoms in total. The third kappa shape index (κ3) is 2.10. The van der Waals surface area contributed by atoms with E-state index in [1.165, 1.54) is 30.6 Å². The maximum atomic E-state index is 11.1. The van der Waals surface area contributed by atoms with Gasteiger partial charge in [0.1, 0.15) is 10.7 Å². The predicted molar refractivity (Wildman–Crippen MR) is 70.8 cm³/mol. The predicted octanol–water partition coefficient (Wildman–Crippen LogP) is 3.32. The van der Waals surface area contributed by atoms with Crippen molar-refractivity contribution in [2.45, 2.75) is 38.1 Å². The van der Waals surface area contributed by atoms with E-state index in [2.05, 4.69) is 10.1 Å². The summed E-state index contributed by atoms with van der Waals surface area (Å²) in [6.45, 7) is 0. The van der Waals surface area contributed by atoms with E-state index in [-0.39, 0.29) is 0 Å². The van der Waals surface area contributed by atoms with Crippen molar-refractivity contribution in [2.24, 2.45) is 0 Å². The molecule has 2 heterocycles. The van der Waals surface area contributed by atoms with Gasteiger partial charge in [-0.1, -0.05) is 19.3 Å². The van der Waals surface area contributed by atoms with Crippen LogP contribution in [0.3, 0.4) is 0 Å². The molecular formula is C13H15N3OS. The van der Waals surface area contributed by atoms with Crippen LogP contribution in [0.15, 0.2) is 17.8 Å². The molecule has 2 aromatic rings. The average Bonchev–Trinajstić information content (AvgIpc) is 3.08. The van der Waals surface area contributed by atoms with Crippen molar-refractivity contribution in [3.63, 3.8) is 0 Å². The zero-order valence-electron chi connectivity index (χ0n) is 10.1. The number of carbonyl (C=O) groups excluding carboxylic acids is 1. The first kappa shape index (κ1) is 11.6. The molecule has 0 saturated heterocycles. The Kier molecular flexibility index (Phi) is 3.23. The Morgan fingerprint density at radius 2 is 2.17 bits per heavy atom. The first-order chi connectivity index (χ1) is 8.88. The lowest BCUT2D eigenvalue weighted by Crippen LogP contribution is -2.13. The zero-order chi connectivity index (χ0) is 12.4. The van der Waals surface area contributed by atoms with E-state index in [1.54, 1.807) is 6.20 Å². The molecular weight excluding hydrogens is 246 g/mol. The highest BCUT2D eigenvalue weighted by molar-refractivity contribution is 7.13. The Balaban J connectivity index is 1.95. The van der Waals surface area contributed by atoms with Crippen molar-refractivity contribution >= 4 is 17.6 Å². The minimum absolute atomic E-state index is 0.450. The van der Waals surface area contributed by atoms with Crippen molar-refractivity contribution in [3.8, 4) is 10.7 Å². The van der Waals surface area contributed by atoms with Gasteiger partial charge in [-0.05, 0) is 12.8 Å². The Morgan fingerprint density at radius 1 is 1.33 bits per heavy atom. The SMILES string of the molecule is O=Cc1cn(C2CCCCC2)nc1-c1nccs1. The van der Waals surface area contributed by atoms with Crippen molar-refractivity contribution in [3.05, 3.63) is 23.3 Å². The van der Waals surface area contributed by atoms with Gasteiger partial charge in [0.2, 0.25) is 0 Å². The summed E-state index contributed by atoms with van der Waals surface area (Å²) in [5.74, 6) is 0. The summed E-state index contributed by atoms with van der Waals surface area (Å²) in [7, 11) is 0.